The highest BCUT2D eigenvalue weighted by Gasteiger charge is 2.31. The summed E-state index contributed by atoms with van der Waals surface area (Å²) < 4.78 is 29.7. The van der Waals surface area contributed by atoms with Gasteiger partial charge in [0.15, 0.2) is 0 Å². The van der Waals surface area contributed by atoms with E-state index in [-0.39, 0.29) is 0 Å². The van der Waals surface area contributed by atoms with Crippen LogP contribution in [0, 0.1) is 5.41 Å². The fourth-order valence-corrected chi connectivity index (χ4v) is 6.60. The van der Waals surface area contributed by atoms with Crippen LogP contribution in [0.3, 0.4) is 0 Å². The zero-order valence-corrected chi connectivity index (χ0v) is 31.5. The van der Waals surface area contributed by atoms with Crippen LogP contribution < -0.4 is 5.73 Å². The van der Waals surface area contributed by atoms with Gasteiger partial charge in [0.2, 0.25) is 0 Å². The molecule has 0 amide bonds. The van der Waals surface area contributed by atoms with Crippen molar-refractivity contribution in [2.75, 3.05) is 7.11 Å². The average Bonchev–Trinajstić information content (AvgIpc) is 3.00. The zero-order valence-electron chi connectivity index (χ0n) is 30.7. The zero-order chi connectivity index (χ0) is 33.2. The van der Waals surface area contributed by atoms with Gasteiger partial charge in [-0.3, -0.25) is 8.74 Å². The third-order valence-corrected chi connectivity index (χ3v) is 10.4. The summed E-state index contributed by atoms with van der Waals surface area (Å²) in [6, 6.07) is 0.344. The van der Waals surface area contributed by atoms with Crippen LogP contribution in [-0.2, 0) is 14.6 Å². The van der Waals surface area contributed by atoms with Crippen LogP contribution in [0.25, 0.3) is 0 Å². The van der Waals surface area contributed by atoms with Crippen molar-refractivity contribution in [2.24, 2.45) is 11.1 Å². The Bertz CT molecular complexity index is 621. The van der Waals surface area contributed by atoms with Gasteiger partial charge in [-0.25, -0.2) is 0 Å². The van der Waals surface area contributed by atoms with Gasteiger partial charge in [0.1, 0.15) is 0 Å². The maximum atomic E-state index is 9.33. The Morgan fingerprint density at radius 1 is 0.523 bits per heavy atom. The Morgan fingerprint density at radius 2 is 0.727 bits per heavy atom. The second-order valence-electron chi connectivity index (χ2n) is 13.8. The van der Waals surface area contributed by atoms with Gasteiger partial charge in [-0.05, 0) is 31.6 Å². The summed E-state index contributed by atoms with van der Waals surface area (Å²) in [6.07, 6.45) is 44.5. The minimum absolute atomic E-state index is 0.344. The SMILES string of the molecule is CCCCCCCCCCCCCCCCC(CC)(CCCCCCCCCCCCCCCC)C(C)N.COS(=O)(=O)O. The quantitative estimate of drug-likeness (QED) is 0.0546. The van der Waals surface area contributed by atoms with Crippen LogP contribution in [0.4, 0.5) is 0 Å². The summed E-state index contributed by atoms with van der Waals surface area (Å²) in [5.41, 5.74) is 6.99. The van der Waals surface area contributed by atoms with Gasteiger partial charge in [0.25, 0.3) is 0 Å². The predicted octanol–water partition coefficient (Wildman–Crippen LogP) is 12.9. The molecule has 1 atom stereocenters. The normalized spacial score (nSPS) is 12.7. The first-order valence-corrected chi connectivity index (χ1v) is 20.8. The van der Waals surface area contributed by atoms with Crippen molar-refractivity contribution in [3.63, 3.8) is 0 Å². The van der Waals surface area contributed by atoms with E-state index in [0.717, 1.165) is 7.11 Å². The molecule has 0 saturated carbocycles. The molecule has 0 aliphatic rings. The Morgan fingerprint density at radius 3 is 0.886 bits per heavy atom. The van der Waals surface area contributed by atoms with E-state index in [1.807, 2.05) is 0 Å². The van der Waals surface area contributed by atoms with Crippen LogP contribution >= 0.6 is 0 Å². The number of nitrogens with two attached hydrogens (primary N) is 1. The lowest BCUT2D eigenvalue weighted by Crippen LogP contribution is -2.39. The molecule has 0 aliphatic heterocycles. The van der Waals surface area contributed by atoms with Crippen molar-refractivity contribution in [3.8, 4) is 0 Å². The van der Waals surface area contributed by atoms with E-state index in [0.29, 0.717) is 11.5 Å². The highest BCUT2D eigenvalue weighted by atomic mass is 32.3. The first-order valence-electron chi connectivity index (χ1n) is 19.5. The van der Waals surface area contributed by atoms with E-state index in [9.17, 15) is 8.42 Å². The molecule has 0 radical (unpaired) electrons. The molecular formula is C38H81NO4S. The minimum atomic E-state index is -4.16. The molecule has 1 unspecified atom stereocenters. The van der Waals surface area contributed by atoms with E-state index in [4.69, 9.17) is 10.3 Å². The monoisotopic (exact) mass is 648 g/mol. The maximum Gasteiger partial charge on any atom is 0.397 e. The van der Waals surface area contributed by atoms with Crippen LogP contribution in [0.5, 0.6) is 0 Å². The summed E-state index contributed by atoms with van der Waals surface area (Å²) in [6.45, 7) is 9.30. The van der Waals surface area contributed by atoms with E-state index < -0.39 is 10.4 Å². The number of rotatable bonds is 33. The molecule has 0 bridgehead atoms. The fraction of sp³-hybridized carbons (Fsp3) is 1.00. The first kappa shape index (κ1) is 46.0. The van der Waals surface area contributed by atoms with Crippen molar-refractivity contribution in [3.05, 3.63) is 0 Å². The van der Waals surface area contributed by atoms with Crippen LogP contribution in [-0.4, -0.2) is 26.1 Å². The van der Waals surface area contributed by atoms with Crippen LogP contribution in [0.2, 0.25) is 0 Å². The van der Waals surface area contributed by atoms with Gasteiger partial charge in [0.05, 0.1) is 7.11 Å². The van der Waals surface area contributed by atoms with Gasteiger partial charge >= 0.3 is 10.4 Å². The maximum absolute atomic E-state index is 9.33. The summed E-state index contributed by atoms with van der Waals surface area (Å²) in [7, 11) is -3.29. The van der Waals surface area contributed by atoms with Gasteiger partial charge < -0.3 is 5.73 Å². The van der Waals surface area contributed by atoms with Gasteiger partial charge in [-0.1, -0.05) is 201 Å². The summed E-state index contributed by atoms with van der Waals surface area (Å²) >= 11 is 0. The van der Waals surface area contributed by atoms with Crippen LogP contribution in [0.1, 0.15) is 227 Å². The molecular weight excluding hydrogens is 566 g/mol. The lowest BCUT2D eigenvalue weighted by Gasteiger charge is -2.37. The van der Waals surface area contributed by atoms with Crippen LogP contribution in [0.15, 0.2) is 0 Å². The Balaban J connectivity index is 0. The second kappa shape index (κ2) is 34.2. The molecule has 0 spiro atoms. The summed E-state index contributed by atoms with van der Waals surface area (Å²) in [5.74, 6) is 0. The molecule has 0 aliphatic carbocycles. The number of unbranched alkanes of at least 4 members (excludes halogenated alkanes) is 26. The molecule has 268 valence electrons. The molecule has 0 aromatic rings. The third-order valence-electron chi connectivity index (χ3n) is 9.94. The van der Waals surface area contributed by atoms with Gasteiger partial charge in [-0.2, -0.15) is 8.42 Å². The molecule has 0 saturated heterocycles. The lowest BCUT2D eigenvalue weighted by atomic mass is 9.71. The topological polar surface area (TPSA) is 89.6 Å². The number of hydrogen-bond donors (Lipinski definition) is 2. The molecule has 6 heteroatoms. The fourth-order valence-electron chi connectivity index (χ4n) is 6.60. The summed E-state index contributed by atoms with van der Waals surface area (Å²) in [5, 5.41) is 0. The Hall–Kier alpha value is -0.170. The first-order chi connectivity index (χ1) is 21.2. The van der Waals surface area contributed by atoms with E-state index >= 15 is 0 Å². The van der Waals surface area contributed by atoms with Gasteiger partial charge in [0, 0.05) is 6.04 Å². The standard InChI is InChI=1S/C37H77N.CH4O4S/c1-5-8-10-12-14-16-18-20-22-24-26-28-30-32-34-37(7-3,36(4)38)35-33-31-29-27-25-23-21-19-17-15-13-11-9-6-2;1-5-6(2,3)4/h36H,5-35,38H2,1-4H3;1H3,(H,2,3,4). The molecule has 0 heterocycles. The highest BCUT2D eigenvalue weighted by molar-refractivity contribution is 7.80. The smallest absolute Gasteiger partial charge is 0.327 e. The Kier molecular flexibility index (Phi) is 35.7. The predicted molar refractivity (Wildman–Crippen MR) is 195 cm³/mol. The Labute approximate surface area is 278 Å². The van der Waals surface area contributed by atoms with E-state index in [2.05, 4.69) is 31.9 Å². The van der Waals surface area contributed by atoms with E-state index in [1.165, 1.54) is 199 Å². The minimum Gasteiger partial charge on any atom is -0.327 e. The van der Waals surface area contributed by atoms with Crippen molar-refractivity contribution >= 4 is 10.4 Å². The lowest BCUT2D eigenvalue weighted by molar-refractivity contribution is 0.172. The molecule has 3 N–H and O–H groups in total. The second-order valence-corrected chi connectivity index (χ2v) is 15.0. The third kappa shape index (κ3) is 33.2. The number of hydrogen-bond acceptors (Lipinski definition) is 4. The molecule has 0 rings (SSSR count). The summed E-state index contributed by atoms with van der Waals surface area (Å²) in [4.78, 5) is 0. The molecule has 44 heavy (non-hydrogen) atoms. The van der Waals surface area contributed by atoms with Crippen molar-refractivity contribution < 1.29 is 17.2 Å². The van der Waals surface area contributed by atoms with Gasteiger partial charge in [-0.15, -0.1) is 0 Å². The molecule has 0 aromatic heterocycles. The van der Waals surface area contributed by atoms with Crippen molar-refractivity contribution in [1.29, 1.82) is 0 Å². The van der Waals surface area contributed by atoms with Crippen molar-refractivity contribution in [1.82, 2.24) is 0 Å². The van der Waals surface area contributed by atoms with E-state index in [1.54, 1.807) is 0 Å². The molecule has 5 nitrogen and oxygen atoms in total. The van der Waals surface area contributed by atoms with Crippen molar-refractivity contribution in [2.45, 2.75) is 233 Å². The molecule has 0 aromatic carbocycles. The average molecular weight is 648 g/mol. The largest absolute Gasteiger partial charge is 0.397 e. The highest BCUT2D eigenvalue weighted by Crippen LogP contribution is 2.38. The molecule has 0 fully saturated rings.